The molecule has 8 aromatic rings. The van der Waals surface area contributed by atoms with Gasteiger partial charge in [-0.05, 0) is 30.3 Å². The Balaban J connectivity index is 1.49. The predicted octanol–water partition coefficient (Wildman–Crippen LogP) is 8.67. The van der Waals surface area contributed by atoms with E-state index >= 15 is 0 Å². The number of hydrogen-bond acceptors (Lipinski definition) is 4. The van der Waals surface area contributed by atoms with Crippen LogP contribution >= 0.6 is 11.3 Å². The van der Waals surface area contributed by atoms with Crippen LogP contribution in [0.15, 0.2) is 121 Å². The van der Waals surface area contributed by atoms with Gasteiger partial charge in [0, 0.05) is 42.9 Å². The van der Waals surface area contributed by atoms with Gasteiger partial charge in [-0.15, -0.1) is 11.3 Å². The lowest BCUT2D eigenvalue weighted by atomic mass is 10.1. The Hall–Kier alpha value is -4.87. The van der Waals surface area contributed by atoms with Crippen molar-refractivity contribution in [1.29, 1.82) is 0 Å². The van der Waals surface area contributed by atoms with Crippen molar-refractivity contribution in [3.05, 3.63) is 121 Å². The van der Waals surface area contributed by atoms with Crippen molar-refractivity contribution in [3.63, 3.8) is 0 Å². The van der Waals surface area contributed by atoms with E-state index in [0.717, 1.165) is 44.5 Å². The zero-order valence-corrected chi connectivity index (χ0v) is 21.1. The van der Waals surface area contributed by atoms with Crippen LogP contribution in [0.3, 0.4) is 0 Å². The summed E-state index contributed by atoms with van der Waals surface area (Å²) >= 11 is 1.82. The maximum atomic E-state index is 5.12. The molecule has 4 aromatic heterocycles. The molecule has 0 saturated heterocycles. The minimum absolute atomic E-state index is 0.638. The molecule has 0 saturated carbocycles. The highest BCUT2D eigenvalue weighted by Gasteiger charge is 2.20. The fraction of sp³-hybridized carbons (Fsp3) is 0. The van der Waals surface area contributed by atoms with Crippen molar-refractivity contribution < 1.29 is 0 Å². The normalized spacial score (nSPS) is 11.7. The first-order valence-electron chi connectivity index (χ1n) is 12.5. The van der Waals surface area contributed by atoms with Crippen LogP contribution in [-0.2, 0) is 0 Å². The largest absolute Gasteiger partial charge is 0.276 e. The topological polar surface area (TPSA) is 43.6 Å². The van der Waals surface area contributed by atoms with Gasteiger partial charge in [-0.25, -0.2) is 9.97 Å². The minimum atomic E-state index is 0.638. The lowest BCUT2D eigenvalue weighted by Crippen LogP contribution is -2.04. The van der Waals surface area contributed by atoms with Crippen molar-refractivity contribution in [2.75, 3.05) is 0 Å². The number of aromatic nitrogens is 4. The lowest BCUT2D eigenvalue weighted by molar-refractivity contribution is 0.995. The van der Waals surface area contributed by atoms with Crippen LogP contribution in [-0.4, -0.2) is 19.5 Å². The van der Waals surface area contributed by atoms with Gasteiger partial charge in [-0.3, -0.25) is 9.55 Å². The molecule has 0 unspecified atom stereocenters. The van der Waals surface area contributed by atoms with E-state index in [1.54, 1.807) is 0 Å². The van der Waals surface area contributed by atoms with Gasteiger partial charge in [0.2, 0.25) is 5.95 Å². The molecular weight excluding hydrogens is 484 g/mol. The van der Waals surface area contributed by atoms with Crippen LogP contribution in [0.1, 0.15) is 0 Å². The first kappa shape index (κ1) is 21.2. The Morgan fingerprint density at radius 1 is 0.579 bits per heavy atom. The molecule has 0 atom stereocenters. The summed E-state index contributed by atoms with van der Waals surface area (Å²) in [5.41, 5.74) is 6.90. The second-order valence-electron chi connectivity index (χ2n) is 9.31. The molecule has 178 valence electrons. The summed E-state index contributed by atoms with van der Waals surface area (Å²) in [4.78, 5) is 15.1. The quantitative estimate of drug-likeness (QED) is 0.242. The number of pyridine rings is 1. The second-order valence-corrected chi connectivity index (χ2v) is 10.4. The Morgan fingerprint density at radius 3 is 2.00 bits per heavy atom. The smallest absolute Gasteiger partial charge is 0.235 e. The molecule has 0 spiro atoms. The average molecular weight is 505 g/mol. The van der Waals surface area contributed by atoms with E-state index in [0.29, 0.717) is 5.95 Å². The molecule has 4 aromatic carbocycles. The average Bonchev–Trinajstić information content (AvgIpc) is 3.53. The number of thiophene rings is 1. The van der Waals surface area contributed by atoms with E-state index in [-0.39, 0.29) is 0 Å². The van der Waals surface area contributed by atoms with Crippen molar-refractivity contribution in [3.8, 4) is 28.5 Å². The van der Waals surface area contributed by atoms with Crippen LogP contribution in [0.5, 0.6) is 0 Å². The second kappa shape index (κ2) is 8.33. The van der Waals surface area contributed by atoms with Gasteiger partial charge in [0.25, 0.3) is 0 Å². The molecule has 0 aliphatic heterocycles. The number of rotatable bonds is 3. The molecule has 5 heteroatoms. The van der Waals surface area contributed by atoms with Crippen LogP contribution in [0.2, 0.25) is 0 Å². The molecule has 4 heterocycles. The maximum Gasteiger partial charge on any atom is 0.235 e. The van der Waals surface area contributed by atoms with Crippen LogP contribution in [0.25, 0.3) is 70.6 Å². The molecule has 0 amide bonds. The van der Waals surface area contributed by atoms with Crippen LogP contribution in [0.4, 0.5) is 0 Å². The Labute approximate surface area is 222 Å². The summed E-state index contributed by atoms with van der Waals surface area (Å²) in [6.45, 7) is 0. The molecule has 0 aliphatic carbocycles. The fourth-order valence-electron chi connectivity index (χ4n) is 5.36. The Kier molecular flexibility index (Phi) is 4.66. The summed E-state index contributed by atoms with van der Waals surface area (Å²) < 4.78 is 4.69. The third-order valence-corrected chi connectivity index (χ3v) is 8.29. The van der Waals surface area contributed by atoms with Crippen molar-refractivity contribution >= 4 is 53.4 Å². The standard InChI is InChI=1S/C33H20N4S/c1-3-10-21(11-4-1)25-20-26(22-12-5-2-6-13-22)36-33(35-25)37-27-18-17-24-23-14-7-8-16-29(23)38-32(24)30(27)31-28(37)15-9-19-34-31/h1-20H. The number of benzene rings is 4. The number of hydrogen-bond donors (Lipinski definition) is 0. The van der Waals surface area contributed by atoms with E-state index in [9.17, 15) is 0 Å². The Morgan fingerprint density at radius 2 is 1.26 bits per heavy atom. The molecular formula is C33H20N4S. The summed E-state index contributed by atoms with van der Waals surface area (Å²) in [6, 6.07) is 39.8. The highest BCUT2D eigenvalue weighted by atomic mass is 32.1. The molecule has 8 rings (SSSR count). The van der Waals surface area contributed by atoms with Crippen molar-refractivity contribution in [1.82, 2.24) is 19.5 Å². The molecule has 38 heavy (non-hydrogen) atoms. The first-order valence-corrected chi connectivity index (χ1v) is 13.4. The van der Waals surface area contributed by atoms with Gasteiger partial charge in [0.1, 0.15) is 0 Å². The van der Waals surface area contributed by atoms with Gasteiger partial charge in [-0.1, -0.05) is 84.9 Å². The van der Waals surface area contributed by atoms with Gasteiger partial charge in [0.05, 0.1) is 27.9 Å². The number of fused-ring (bicyclic) bond motifs is 7. The van der Waals surface area contributed by atoms with Gasteiger partial charge in [0.15, 0.2) is 0 Å². The van der Waals surface area contributed by atoms with Gasteiger partial charge in [-0.2, -0.15) is 0 Å². The summed E-state index contributed by atoms with van der Waals surface area (Å²) in [5, 5.41) is 3.68. The first-order chi connectivity index (χ1) is 18.8. The molecule has 0 N–H and O–H groups in total. The Bertz CT molecular complexity index is 2070. The van der Waals surface area contributed by atoms with Crippen molar-refractivity contribution in [2.24, 2.45) is 0 Å². The molecule has 0 bridgehead atoms. The highest BCUT2D eigenvalue weighted by molar-refractivity contribution is 7.26. The summed E-state index contributed by atoms with van der Waals surface area (Å²) in [7, 11) is 0. The fourth-order valence-corrected chi connectivity index (χ4v) is 6.60. The zero-order chi connectivity index (χ0) is 25.1. The number of nitrogens with zero attached hydrogens (tertiary/aromatic N) is 4. The molecule has 4 nitrogen and oxygen atoms in total. The zero-order valence-electron chi connectivity index (χ0n) is 20.2. The summed E-state index contributed by atoms with van der Waals surface area (Å²) in [6.07, 6.45) is 1.87. The van der Waals surface area contributed by atoms with E-state index in [1.807, 2.05) is 60.0 Å². The van der Waals surface area contributed by atoms with Crippen LogP contribution < -0.4 is 0 Å². The van der Waals surface area contributed by atoms with E-state index in [2.05, 4.69) is 77.4 Å². The molecule has 0 radical (unpaired) electrons. The highest BCUT2D eigenvalue weighted by Crippen LogP contribution is 2.42. The minimum Gasteiger partial charge on any atom is -0.276 e. The maximum absolute atomic E-state index is 5.12. The molecule has 0 fully saturated rings. The van der Waals surface area contributed by atoms with Gasteiger partial charge < -0.3 is 0 Å². The van der Waals surface area contributed by atoms with Crippen LogP contribution in [0, 0.1) is 0 Å². The monoisotopic (exact) mass is 504 g/mol. The SMILES string of the molecule is c1ccc(-c2cc(-c3ccccc3)nc(-n3c4cccnc4c4c5sc6ccccc6c5ccc43)n2)cc1. The van der Waals surface area contributed by atoms with E-state index in [1.165, 1.54) is 20.2 Å². The van der Waals surface area contributed by atoms with Gasteiger partial charge >= 0.3 is 0 Å². The van der Waals surface area contributed by atoms with Crippen molar-refractivity contribution in [2.45, 2.75) is 0 Å². The van der Waals surface area contributed by atoms with E-state index in [4.69, 9.17) is 15.0 Å². The lowest BCUT2D eigenvalue weighted by Gasteiger charge is -2.11. The predicted molar refractivity (Wildman–Crippen MR) is 158 cm³/mol. The third-order valence-electron chi connectivity index (χ3n) is 7.08. The summed E-state index contributed by atoms with van der Waals surface area (Å²) in [5.74, 6) is 0.638. The van der Waals surface area contributed by atoms with E-state index < -0.39 is 0 Å². The third kappa shape index (κ3) is 3.19. The molecule has 0 aliphatic rings.